The molecule has 4 aliphatic carbocycles. The zero-order valence-corrected chi connectivity index (χ0v) is 22.0. The number of fused-ring (bicyclic) bond motifs is 5. The summed E-state index contributed by atoms with van der Waals surface area (Å²) in [5.74, 6) is 3.10. The highest BCUT2D eigenvalue weighted by molar-refractivity contribution is 5.69. The van der Waals surface area contributed by atoms with E-state index in [9.17, 15) is 15.0 Å². The van der Waals surface area contributed by atoms with Crippen LogP contribution in [0.3, 0.4) is 0 Å². The molecule has 0 aromatic carbocycles. The molecule has 1 aromatic heterocycles. The predicted molar refractivity (Wildman–Crippen MR) is 132 cm³/mol. The molecule has 0 spiro atoms. The van der Waals surface area contributed by atoms with Crippen molar-refractivity contribution in [2.75, 3.05) is 7.11 Å². The third-order valence-electron chi connectivity index (χ3n) is 11.5. The molecule has 0 saturated heterocycles. The fourth-order valence-electron chi connectivity index (χ4n) is 9.63. The first-order chi connectivity index (χ1) is 16.7. The lowest BCUT2D eigenvalue weighted by molar-refractivity contribution is -0.169. The van der Waals surface area contributed by atoms with E-state index in [0.29, 0.717) is 53.7 Å². The average molecular weight is 488 g/mol. The standard InChI is InChI=1S/C28H45N3O4/c1-17(5-8-25(34)35-4)21-6-7-22-26-23(10-12-28(21,22)3)27(2)11-9-20(13-18(27)14-24(26)33)31-15-19(16-32)29-30-31/h15,17-18,20-24,26,32-33H,5-14,16H2,1-4H3/t17-,18+,20-,21-,22+,23+,24+,26+,27+,28-/m1/s1. The van der Waals surface area contributed by atoms with Gasteiger partial charge in [0, 0.05) is 6.42 Å². The maximum Gasteiger partial charge on any atom is 0.305 e. The van der Waals surface area contributed by atoms with E-state index in [1.807, 2.05) is 10.9 Å². The zero-order chi connectivity index (χ0) is 25.0. The second kappa shape index (κ2) is 9.44. The molecule has 7 heteroatoms. The molecule has 4 aliphatic rings. The number of carbonyl (C=O) groups excluding carboxylic acids is 1. The van der Waals surface area contributed by atoms with Gasteiger partial charge in [0.05, 0.1) is 32.1 Å². The van der Waals surface area contributed by atoms with Crippen molar-refractivity contribution in [3.05, 3.63) is 11.9 Å². The molecule has 5 rings (SSSR count). The molecule has 0 unspecified atom stereocenters. The number of methoxy groups -OCH3 is 1. The van der Waals surface area contributed by atoms with Crippen LogP contribution in [0.1, 0.15) is 96.7 Å². The normalized spacial score (nSPS) is 43.7. The first-order valence-corrected chi connectivity index (χ1v) is 14.0. The summed E-state index contributed by atoms with van der Waals surface area (Å²) in [6.45, 7) is 7.28. The first-order valence-electron chi connectivity index (χ1n) is 14.0. The number of aliphatic hydroxyl groups is 2. The van der Waals surface area contributed by atoms with Crippen molar-refractivity contribution in [1.82, 2.24) is 15.0 Å². The van der Waals surface area contributed by atoms with Gasteiger partial charge in [-0.25, -0.2) is 4.68 Å². The average Bonchev–Trinajstić information content (AvgIpc) is 3.47. The molecule has 0 aliphatic heterocycles. The minimum absolute atomic E-state index is 0.0706. The van der Waals surface area contributed by atoms with Gasteiger partial charge in [-0.3, -0.25) is 4.79 Å². The molecule has 7 nitrogen and oxygen atoms in total. The van der Waals surface area contributed by atoms with Gasteiger partial charge in [-0.1, -0.05) is 26.0 Å². The number of aliphatic hydroxyl groups excluding tert-OH is 2. The Labute approximate surface area is 210 Å². The minimum Gasteiger partial charge on any atom is -0.469 e. The Morgan fingerprint density at radius 1 is 1.17 bits per heavy atom. The lowest BCUT2D eigenvalue weighted by Crippen LogP contribution is -2.58. The fourth-order valence-corrected chi connectivity index (χ4v) is 9.63. The second-order valence-electron chi connectivity index (χ2n) is 12.9. The van der Waals surface area contributed by atoms with Crippen LogP contribution in [-0.2, 0) is 16.1 Å². The molecule has 35 heavy (non-hydrogen) atoms. The minimum atomic E-state index is -0.227. The summed E-state index contributed by atoms with van der Waals surface area (Å²) in [6.07, 6.45) is 12.2. The van der Waals surface area contributed by atoms with Gasteiger partial charge in [-0.15, -0.1) is 5.10 Å². The fraction of sp³-hybridized carbons (Fsp3) is 0.893. The van der Waals surface area contributed by atoms with Crippen molar-refractivity contribution in [1.29, 1.82) is 0 Å². The molecule has 1 aromatic rings. The Bertz CT molecular complexity index is 920. The first kappa shape index (κ1) is 25.2. The van der Waals surface area contributed by atoms with E-state index < -0.39 is 0 Å². The smallest absolute Gasteiger partial charge is 0.305 e. The van der Waals surface area contributed by atoms with E-state index >= 15 is 0 Å². The molecular formula is C28H45N3O4. The molecule has 1 heterocycles. The third kappa shape index (κ3) is 4.14. The lowest BCUT2D eigenvalue weighted by atomic mass is 9.43. The van der Waals surface area contributed by atoms with Crippen LogP contribution in [0.2, 0.25) is 0 Å². The molecule has 2 N–H and O–H groups in total. The number of hydrogen-bond donors (Lipinski definition) is 2. The quantitative estimate of drug-likeness (QED) is 0.572. The number of ether oxygens (including phenoxy) is 1. The van der Waals surface area contributed by atoms with Crippen LogP contribution >= 0.6 is 0 Å². The van der Waals surface area contributed by atoms with Gasteiger partial charge in [0.15, 0.2) is 0 Å². The predicted octanol–water partition coefficient (Wildman–Crippen LogP) is 4.53. The second-order valence-corrected chi connectivity index (χ2v) is 12.9. The van der Waals surface area contributed by atoms with Gasteiger partial charge in [-0.2, -0.15) is 0 Å². The van der Waals surface area contributed by atoms with Crippen LogP contribution in [0.4, 0.5) is 0 Å². The van der Waals surface area contributed by atoms with Crippen LogP contribution in [0.5, 0.6) is 0 Å². The van der Waals surface area contributed by atoms with E-state index in [2.05, 4.69) is 31.1 Å². The topological polar surface area (TPSA) is 97.5 Å². The van der Waals surface area contributed by atoms with Gasteiger partial charge in [-0.05, 0) is 104 Å². The van der Waals surface area contributed by atoms with Gasteiger partial charge >= 0.3 is 5.97 Å². The SMILES string of the molecule is COC(=O)CC[C@@H](C)[C@H]1CC[C@H]2[C@@H]3[C@@H](O)C[C@@H]4C[C@H](n5cc(CO)nn5)CC[C@]4(C)[C@H]3CC[C@]12C. The van der Waals surface area contributed by atoms with Crippen molar-refractivity contribution >= 4 is 5.97 Å². The number of esters is 1. The van der Waals surface area contributed by atoms with E-state index in [0.717, 1.165) is 25.7 Å². The van der Waals surface area contributed by atoms with Gasteiger partial charge in [0.25, 0.3) is 0 Å². The Hall–Kier alpha value is -1.47. The van der Waals surface area contributed by atoms with Crippen molar-refractivity contribution in [3.63, 3.8) is 0 Å². The number of nitrogens with zero attached hydrogens (tertiary/aromatic N) is 3. The summed E-state index contributed by atoms with van der Waals surface area (Å²) in [5.41, 5.74) is 1.17. The number of aromatic nitrogens is 3. The Morgan fingerprint density at radius 2 is 1.91 bits per heavy atom. The Kier molecular flexibility index (Phi) is 6.79. The highest BCUT2D eigenvalue weighted by Crippen LogP contribution is 2.68. The van der Waals surface area contributed by atoms with Crippen LogP contribution in [-0.4, -0.2) is 44.4 Å². The lowest BCUT2D eigenvalue weighted by Gasteiger charge is -2.62. The summed E-state index contributed by atoms with van der Waals surface area (Å²) in [5, 5.41) is 29.4. The van der Waals surface area contributed by atoms with Gasteiger partial charge < -0.3 is 14.9 Å². The Balaban J connectivity index is 1.31. The monoisotopic (exact) mass is 487 g/mol. The zero-order valence-electron chi connectivity index (χ0n) is 22.0. The summed E-state index contributed by atoms with van der Waals surface area (Å²) in [7, 11) is 1.48. The van der Waals surface area contributed by atoms with Crippen molar-refractivity contribution in [2.45, 2.75) is 104 Å². The summed E-state index contributed by atoms with van der Waals surface area (Å²) in [6, 6.07) is 0.310. The molecular weight excluding hydrogens is 442 g/mol. The van der Waals surface area contributed by atoms with Crippen LogP contribution < -0.4 is 0 Å². The number of hydrogen-bond acceptors (Lipinski definition) is 6. The van der Waals surface area contributed by atoms with Gasteiger partial charge in [0.1, 0.15) is 5.69 Å². The molecule has 0 bridgehead atoms. The van der Waals surface area contributed by atoms with Crippen LogP contribution in [0.25, 0.3) is 0 Å². The summed E-state index contributed by atoms with van der Waals surface area (Å²) >= 11 is 0. The highest BCUT2D eigenvalue weighted by atomic mass is 16.5. The molecule has 196 valence electrons. The van der Waals surface area contributed by atoms with E-state index in [-0.39, 0.29) is 29.5 Å². The highest BCUT2D eigenvalue weighted by Gasteiger charge is 2.63. The summed E-state index contributed by atoms with van der Waals surface area (Å²) in [4.78, 5) is 11.7. The van der Waals surface area contributed by atoms with Gasteiger partial charge in [0.2, 0.25) is 0 Å². The van der Waals surface area contributed by atoms with Crippen molar-refractivity contribution < 1.29 is 19.7 Å². The number of rotatable bonds is 6. The van der Waals surface area contributed by atoms with E-state index in [4.69, 9.17) is 4.74 Å². The maximum atomic E-state index is 11.7. The largest absolute Gasteiger partial charge is 0.469 e. The maximum absolute atomic E-state index is 11.7. The Morgan fingerprint density at radius 3 is 2.63 bits per heavy atom. The van der Waals surface area contributed by atoms with E-state index in [1.165, 1.54) is 39.2 Å². The van der Waals surface area contributed by atoms with Crippen molar-refractivity contribution in [3.8, 4) is 0 Å². The molecule has 4 saturated carbocycles. The third-order valence-corrected chi connectivity index (χ3v) is 11.5. The van der Waals surface area contributed by atoms with E-state index in [1.54, 1.807) is 0 Å². The van der Waals surface area contributed by atoms with Crippen LogP contribution in [0, 0.1) is 46.3 Å². The molecule has 10 atom stereocenters. The number of carbonyl (C=O) groups is 1. The summed E-state index contributed by atoms with van der Waals surface area (Å²) < 4.78 is 6.85. The molecule has 0 radical (unpaired) electrons. The van der Waals surface area contributed by atoms with Crippen molar-refractivity contribution in [2.24, 2.45) is 46.3 Å². The van der Waals surface area contributed by atoms with Crippen LogP contribution in [0.15, 0.2) is 6.20 Å². The molecule has 0 amide bonds. The molecule has 4 fully saturated rings.